The van der Waals surface area contributed by atoms with E-state index in [1.807, 2.05) is 17.0 Å². The van der Waals surface area contributed by atoms with Crippen LogP contribution in [-0.4, -0.2) is 48.4 Å². The summed E-state index contributed by atoms with van der Waals surface area (Å²) in [5.41, 5.74) is 3.30. The number of amides is 1. The molecule has 0 aromatic heterocycles. The summed E-state index contributed by atoms with van der Waals surface area (Å²) in [5, 5.41) is 14.4. The van der Waals surface area contributed by atoms with E-state index in [4.69, 9.17) is 0 Å². The molecule has 1 saturated heterocycles. The highest BCUT2D eigenvalue weighted by atomic mass is 127. The number of anilines is 1. The van der Waals surface area contributed by atoms with Crippen LogP contribution in [0.5, 0.6) is 0 Å². The Bertz CT molecular complexity index is 1010. The first-order valence-corrected chi connectivity index (χ1v) is 10.6. The van der Waals surface area contributed by atoms with Crippen molar-refractivity contribution in [3.8, 4) is 0 Å². The Hall–Kier alpha value is -2.69. The predicted molar refractivity (Wildman–Crippen MR) is 136 cm³/mol. The van der Waals surface area contributed by atoms with E-state index in [1.165, 1.54) is 11.6 Å². The Morgan fingerprint density at radius 3 is 2.78 bits per heavy atom. The van der Waals surface area contributed by atoms with Gasteiger partial charge in [0.25, 0.3) is 5.69 Å². The molecule has 0 bridgehead atoms. The average molecular weight is 549 g/mol. The van der Waals surface area contributed by atoms with Crippen LogP contribution in [0.3, 0.4) is 0 Å². The second-order valence-electron chi connectivity index (χ2n) is 7.97. The van der Waals surface area contributed by atoms with Gasteiger partial charge in [0.15, 0.2) is 5.96 Å². The van der Waals surface area contributed by atoms with E-state index in [2.05, 4.69) is 33.4 Å². The SMILES string of the molecule is CN=C(NCc1cccc([N+](=O)[O-])c1)N1CC(CCN2CCCC2=O)c2ccccc21.I. The summed E-state index contributed by atoms with van der Waals surface area (Å²) in [6.45, 7) is 2.88. The van der Waals surface area contributed by atoms with Crippen molar-refractivity contribution in [2.45, 2.75) is 31.7 Å². The van der Waals surface area contributed by atoms with Crippen molar-refractivity contribution in [2.75, 3.05) is 31.6 Å². The van der Waals surface area contributed by atoms with Gasteiger partial charge in [-0.3, -0.25) is 19.9 Å². The van der Waals surface area contributed by atoms with Gasteiger partial charge < -0.3 is 15.1 Å². The van der Waals surface area contributed by atoms with Crippen LogP contribution in [0.2, 0.25) is 0 Å². The van der Waals surface area contributed by atoms with Gasteiger partial charge in [-0.25, -0.2) is 0 Å². The highest BCUT2D eigenvalue weighted by Gasteiger charge is 2.32. The fourth-order valence-corrected chi connectivity index (χ4v) is 4.45. The summed E-state index contributed by atoms with van der Waals surface area (Å²) in [6.07, 6.45) is 2.54. The van der Waals surface area contributed by atoms with E-state index >= 15 is 0 Å². The number of aliphatic imine (C=N–C) groups is 1. The predicted octanol–water partition coefficient (Wildman–Crippen LogP) is 3.90. The van der Waals surface area contributed by atoms with Gasteiger partial charge in [0, 0.05) is 63.4 Å². The molecule has 2 aromatic rings. The van der Waals surface area contributed by atoms with Crippen molar-refractivity contribution in [1.82, 2.24) is 10.2 Å². The number of nitro groups is 1. The lowest BCUT2D eigenvalue weighted by Gasteiger charge is -2.23. The molecule has 2 aliphatic rings. The van der Waals surface area contributed by atoms with Crippen LogP contribution in [0, 0.1) is 10.1 Å². The molecule has 0 saturated carbocycles. The number of hydrogen-bond acceptors (Lipinski definition) is 4. The van der Waals surface area contributed by atoms with Gasteiger partial charge in [-0.2, -0.15) is 0 Å². The average Bonchev–Trinajstić information content (AvgIpc) is 3.36. The van der Waals surface area contributed by atoms with Crippen molar-refractivity contribution >= 4 is 47.2 Å². The Labute approximate surface area is 204 Å². The van der Waals surface area contributed by atoms with Gasteiger partial charge in [0.05, 0.1) is 4.92 Å². The zero-order valence-electron chi connectivity index (χ0n) is 18.1. The highest BCUT2D eigenvalue weighted by Crippen LogP contribution is 2.38. The lowest BCUT2D eigenvalue weighted by Crippen LogP contribution is -2.40. The van der Waals surface area contributed by atoms with E-state index in [0.29, 0.717) is 18.9 Å². The maximum Gasteiger partial charge on any atom is 0.269 e. The molecule has 32 heavy (non-hydrogen) atoms. The standard InChI is InChI=1S/C23H27N5O3.HI/c1-24-23(25-15-17-6-4-7-19(14-17)28(30)31)27-16-18(20-8-2-3-9-21(20)27)11-13-26-12-5-10-22(26)29;/h2-4,6-9,14,18H,5,10-13,15-16H2,1H3,(H,24,25);1H. The van der Waals surface area contributed by atoms with Gasteiger partial charge >= 0.3 is 0 Å². The van der Waals surface area contributed by atoms with E-state index in [-0.39, 0.29) is 40.5 Å². The lowest BCUT2D eigenvalue weighted by atomic mass is 9.98. The van der Waals surface area contributed by atoms with Crippen LogP contribution in [0.25, 0.3) is 0 Å². The molecule has 1 fully saturated rings. The first-order chi connectivity index (χ1) is 15.1. The number of non-ortho nitro benzene ring substituents is 1. The summed E-state index contributed by atoms with van der Waals surface area (Å²) < 4.78 is 0. The number of nitro benzene ring substituents is 1. The smallest absolute Gasteiger partial charge is 0.269 e. The van der Waals surface area contributed by atoms with E-state index in [9.17, 15) is 14.9 Å². The highest BCUT2D eigenvalue weighted by molar-refractivity contribution is 14.0. The quantitative estimate of drug-likeness (QED) is 0.194. The van der Waals surface area contributed by atoms with E-state index in [0.717, 1.165) is 49.7 Å². The van der Waals surface area contributed by atoms with Crippen LogP contribution < -0.4 is 10.2 Å². The summed E-state index contributed by atoms with van der Waals surface area (Å²) in [7, 11) is 1.74. The maximum atomic E-state index is 12.0. The molecule has 1 amide bonds. The van der Waals surface area contributed by atoms with Crippen molar-refractivity contribution in [1.29, 1.82) is 0 Å². The number of nitrogens with zero attached hydrogens (tertiary/aromatic N) is 4. The molecule has 0 spiro atoms. The zero-order chi connectivity index (χ0) is 21.8. The van der Waals surface area contributed by atoms with Crippen LogP contribution in [-0.2, 0) is 11.3 Å². The van der Waals surface area contributed by atoms with Crippen molar-refractivity contribution in [3.63, 3.8) is 0 Å². The number of halogens is 1. The maximum absolute atomic E-state index is 12.0. The molecule has 1 unspecified atom stereocenters. The minimum atomic E-state index is -0.384. The zero-order valence-corrected chi connectivity index (χ0v) is 20.4. The van der Waals surface area contributed by atoms with Gasteiger partial charge in [-0.15, -0.1) is 24.0 Å². The molecule has 2 aromatic carbocycles. The van der Waals surface area contributed by atoms with E-state index in [1.54, 1.807) is 19.2 Å². The number of guanidine groups is 1. The van der Waals surface area contributed by atoms with Crippen LogP contribution >= 0.6 is 24.0 Å². The number of benzene rings is 2. The topological polar surface area (TPSA) is 91.1 Å². The van der Waals surface area contributed by atoms with Crippen LogP contribution in [0.4, 0.5) is 11.4 Å². The molecule has 1 atom stereocenters. The first-order valence-electron chi connectivity index (χ1n) is 10.6. The third-order valence-electron chi connectivity index (χ3n) is 6.03. The number of likely N-dealkylation sites (tertiary alicyclic amines) is 1. The number of rotatable bonds is 6. The van der Waals surface area contributed by atoms with Gasteiger partial charge in [-0.1, -0.05) is 30.3 Å². The number of fused-ring (bicyclic) bond motifs is 1. The molecule has 9 heteroatoms. The molecule has 0 aliphatic carbocycles. The Kier molecular flexibility index (Phi) is 8.05. The summed E-state index contributed by atoms with van der Waals surface area (Å²) in [6, 6.07) is 14.9. The minimum absolute atomic E-state index is 0. The number of hydrogen-bond donors (Lipinski definition) is 1. The van der Waals surface area contributed by atoms with Gasteiger partial charge in [0.1, 0.15) is 0 Å². The van der Waals surface area contributed by atoms with Crippen molar-refractivity contribution in [3.05, 3.63) is 69.8 Å². The van der Waals surface area contributed by atoms with Gasteiger partial charge in [0.2, 0.25) is 5.91 Å². The van der Waals surface area contributed by atoms with Crippen LogP contribution in [0.15, 0.2) is 53.5 Å². The molecular formula is C23H28IN5O3. The molecule has 8 nitrogen and oxygen atoms in total. The molecule has 2 aliphatic heterocycles. The molecular weight excluding hydrogens is 521 g/mol. The second kappa shape index (κ2) is 10.8. The summed E-state index contributed by atoms with van der Waals surface area (Å²) >= 11 is 0. The Morgan fingerprint density at radius 2 is 2.06 bits per heavy atom. The monoisotopic (exact) mass is 549 g/mol. The number of nitrogens with one attached hydrogen (secondary N) is 1. The molecule has 0 radical (unpaired) electrons. The molecule has 1 N–H and O–H groups in total. The summed E-state index contributed by atoms with van der Waals surface area (Å²) in [4.78, 5) is 31.2. The summed E-state index contributed by atoms with van der Waals surface area (Å²) in [5.74, 6) is 1.32. The minimum Gasteiger partial charge on any atom is -0.352 e. The lowest BCUT2D eigenvalue weighted by molar-refractivity contribution is -0.384. The second-order valence-corrected chi connectivity index (χ2v) is 7.97. The number of carbonyl (C=O) groups is 1. The number of para-hydroxylation sites is 1. The largest absolute Gasteiger partial charge is 0.352 e. The molecule has 4 rings (SSSR count). The van der Waals surface area contributed by atoms with Crippen molar-refractivity contribution in [2.24, 2.45) is 4.99 Å². The Morgan fingerprint density at radius 1 is 1.25 bits per heavy atom. The van der Waals surface area contributed by atoms with Crippen LogP contribution in [0.1, 0.15) is 36.3 Å². The Balaban J connectivity index is 0.00000289. The molecule has 2 heterocycles. The number of carbonyl (C=O) groups excluding carboxylic acids is 1. The third-order valence-corrected chi connectivity index (χ3v) is 6.03. The third kappa shape index (κ3) is 5.20. The van der Waals surface area contributed by atoms with Gasteiger partial charge in [-0.05, 0) is 30.0 Å². The van der Waals surface area contributed by atoms with Crippen molar-refractivity contribution < 1.29 is 9.72 Å². The fourth-order valence-electron chi connectivity index (χ4n) is 4.45. The molecule has 170 valence electrons. The van der Waals surface area contributed by atoms with E-state index < -0.39 is 0 Å². The fraction of sp³-hybridized carbons (Fsp3) is 0.391. The first kappa shape index (κ1) is 24.0. The normalized spacial score (nSPS) is 17.8.